The fraction of sp³-hybridized carbons (Fsp3) is 0.538. The van der Waals surface area contributed by atoms with E-state index in [2.05, 4.69) is 31.2 Å². The highest BCUT2D eigenvalue weighted by Crippen LogP contribution is 2.36. The van der Waals surface area contributed by atoms with Gasteiger partial charge < -0.3 is 30.7 Å². The SMILES string of the molecule is COc1cc(C(=O)NC2CCOCC2)c(F)cc1Nc1ncc(C(F)(F)F)c(N[C@@H]2CCCC[C@H]2NC(C)=O)n1. The lowest BCUT2D eigenvalue weighted by Crippen LogP contribution is -2.48. The summed E-state index contributed by atoms with van der Waals surface area (Å²) >= 11 is 0. The number of alkyl halides is 3. The molecular weight excluding hydrogens is 536 g/mol. The van der Waals surface area contributed by atoms with Crippen molar-refractivity contribution >= 4 is 29.3 Å². The van der Waals surface area contributed by atoms with E-state index in [1.165, 1.54) is 20.1 Å². The molecule has 1 aromatic heterocycles. The number of nitrogens with one attached hydrogen (secondary N) is 4. The van der Waals surface area contributed by atoms with Crippen LogP contribution in [0.4, 0.5) is 35.0 Å². The maximum atomic E-state index is 15.0. The number of ether oxygens (including phenoxy) is 2. The molecule has 1 saturated carbocycles. The summed E-state index contributed by atoms with van der Waals surface area (Å²) in [5, 5.41) is 11.1. The van der Waals surface area contributed by atoms with Gasteiger partial charge in [0.25, 0.3) is 5.91 Å². The first-order valence-electron chi connectivity index (χ1n) is 13.1. The first kappa shape index (κ1) is 29.3. The van der Waals surface area contributed by atoms with E-state index in [1.54, 1.807) is 0 Å². The Bertz CT molecular complexity index is 1220. The Morgan fingerprint density at radius 3 is 2.40 bits per heavy atom. The largest absolute Gasteiger partial charge is 0.495 e. The van der Waals surface area contributed by atoms with E-state index >= 15 is 4.39 Å². The monoisotopic (exact) mass is 568 g/mol. The molecule has 1 aliphatic carbocycles. The van der Waals surface area contributed by atoms with E-state index in [0.717, 1.165) is 18.9 Å². The zero-order valence-corrected chi connectivity index (χ0v) is 22.2. The summed E-state index contributed by atoms with van der Waals surface area (Å²) in [6, 6.07) is 1.20. The van der Waals surface area contributed by atoms with Crippen molar-refractivity contribution in [2.45, 2.75) is 69.8 Å². The predicted octanol–water partition coefficient (Wildman–Crippen LogP) is 4.15. The Morgan fingerprint density at radius 1 is 1.05 bits per heavy atom. The minimum absolute atomic E-state index is 0.0158. The van der Waals surface area contributed by atoms with E-state index in [9.17, 15) is 22.8 Å². The average Bonchev–Trinajstić information content (AvgIpc) is 2.89. The fourth-order valence-corrected chi connectivity index (χ4v) is 4.89. The molecule has 1 aromatic carbocycles. The van der Waals surface area contributed by atoms with Gasteiger partial charge in [0.05, 0.1) is 18.4 Å². The first-order valence-corrected chi connectivity index (χ1v) is 13.1. The van der Waals surface area contributed by atoms with Crippen molar-refractivity contribution in [3.05, 3.63) is 35.3 Å². The molecule has 0 spiro atoms. The number of hydrogen-bond acceptors (Lipinski definition) is 8. The van der Waals surface area contributed by atoms with E-state index in [-0.39, 0.29) is 40.9 Å². The number of benzene rings is 1. The number of carbonyl (C=O) groups excluding carboxylic acids is 2. The molecule has 2 heterocycles. The van der Waals surface area contributed by atoms with E-state index in [0.29, 0.717) is 45.1 Å². The summed E-state index contributed by atoms with van der Waals surface area (Å²) in [6.07, 6.45) is -0.146. The minimum Gasteiger partial charge on any atom is -0.495 e. The average molecular weight is 569 g/mol. The van der Waals surface area contributed by atoms with Crippen LogP contribution in [0.1, 0.15) is 61.4 Å². The number of rotatable bonds is 8. The number of carbonyl (C=O) groups is 2. The van der Waals surface area contributed by atoms with Crippen molar-refractivity contribution in [1.82, 2.24) is 20.6 Å². The maximum absolute atomic E-state index is 15.0. The number of nitrogens with zero attached hydrogens (tertiary/aromatic N) is 2. The molecule has 10 nitrogen and oxygen atoms in total. The Kier molecular flexibility index (Phi) is 9.28. The van der Waals surface area contributed by atoms with Crippen LogP contribution >= 0.6 is 0 Å². The molecule has 40 heavy (non-hydrogen) atoms. The molecule has 0 unspecified atom stereocenters. The first-order chi connectivity index (χ1) is 19.0. The normalized spacial score (nSPS) is 19.9. The Morgan fingerprint density at radius 2 is 1.75 bits per heavy atom. The Balaban J connectivity index is 1.58. The zero-order chi connectivity index (χ0) is 28.9. The number of anilines is 3. The summed E-state index contributed by atoms with van der Waals surface area (Å²) in [5.41, 5.74) is -1.31. The van der Waals surface area contributed by atoms with Crippen LogP contribution in [0.5, 0.6) is 5.75 Å². The van der Waals surface area contributed by atoms with Gasteiger partial charge in [0.15, 0.2) is 0 Å². The van der Waals surface area contributed by atoms with Gasteiger partial charge >= 0.3 is 6.18 Å². The summed E-state index contributed by atoms with van der Waals surface area (Å²) < 4.78 is 67.0. The molecule has 4 N–H and O–H groups in total. The molecule has 14 heteroatoms. The highest BCUT2D eigenvalue weighted by Gasteiger charge is 2.37. The second-order valence-electron chi connectivity index (χ2n) is 9.81. The Hall–Kier alpha value is -3.68. The molecule has 1 aliphatic heterocycles. The van der Waals surface area contributed by atoms with Gasteiger partial charge in [-0.15, -0.1) is 0 Å². The summed E-state index contributed by atoms with van der Waals surface area (Å²) in [7, 11) is 1.31. The van der Waals surface area contributed by atoms with Gasteiger partial charge in [0.1, 0.15) is 22.9 Å². The number of aromatic nitrogens is 2. The molecule has 2 aliphatic rings. The van der Waals surface area contributed by atoms with Crippen molar-refractivity contribution in [1.29, 1.82) is 0 Å². The molecule has 0 bridgehead atoms. The molecule has 218 valence electrons. The third-order valence-electron chi connectivity index (χ3n) is 6.91. The van der Waals surface area contributed by atoms with Gasteiger partial charge in [-0.1, -0.05) is 12.8 Å². The van der Waals surface area contributed by atoms with Crippen LogP contribution in [0.15, 0.2) is 18.3 Å². The van der Waals surface area contributed by atoms with Gasteiger partial charge in [-0.25, -0.2) is 9.37 Å². The summed E-state index contributed by atoms with van der Waals surface area (Å²) in [5.74, 6) is -2.42. The van der Waals surface area contributed by atoms with Crippen LogP contribution in [0.25, 0.3) is 0 Å². The smallest absolute Gasteiger partial charge is 0.421 e. The number of halogens is 4. The number of hydrogen-bond donors (Lipinski definition) is 4. The highest BCUT2D eigenvalue weighted by atomic mass is 19.4. The molecule has 1 saturated heterocycles. The van der Waals surface area contributed by atoms with Gasteiger partial charge in [-0.05, 0) is 31.7 Å². The topological polar surface area (TPSA) is 127 Å². The van der Waals surface area contributed by atoms with Crippen molar-refractivity contribution in [3.63, 3.8) is 0 Å². The molecule has 2 atom stereocenters. The lowest BCUT2D eigenvalue weighted by atomic mass is 9.90. The standard InChI is InChI=1S/C26H32F4N6O4/c1-14(37)32-19-5-3-4-6-20(19)34-23-17(26(28,29)30)13-31-25(36-23)35-21-12-18(27)16(11-22(21)39-2)24(38)33-15-7-9-40-10-8-15/h11-13,15,19-20H,3-10H2,1-2H3,(H,32,37)(H,33,38)(H2,31,34,35,36)/t19-,20-/m1/s1. The van der Waals surface area contributed by atoms with Crippen molar-refractivity contribution < 1.29 is 36.6 Å². The quantitative estimate of drug-likeness (QED) is 0.350. The van der Waals surface area contributed by atoms with Crippen LogP contribution in [-0.4, -0.2) is 60.2 Å². The number of methoxy groups -OCH3 is 1. The number of amides is 2. The second-order valence-corrected chi connectivity index (χ2v) is 9.81. The van der Waals surface area contributed by atoms with Gasteiger partial charge in [0.2, 0.25) is 11.9 Å². The fourth-order valence-electron chi connectivity index (χ4n) is 4.89. The molecule has 0 radical (unpaired) electrons. The lowest BCUT2D eigenvalue weighted by Gasteiger charge is -2.33. The second kappa shape index (κ2) is 12.7. The molecular formula is C26H32F4N6O4. The van der Waals surface area contributed by atoms with E-state index < -0.39 is 35.3 Å². The summed E-state index contributed by atoms with van der Waals surface area (Å²) in [4.78, 5) is 32.1. The van der Waals surface area contributed by atoms with Crippen molar-refractivity contribution in [3.8, 4) is 5.75 Å². The Labute approximate surface area is 228 Å². The van der Waals surface area contributed by atoms with Crippen LogP contribution in [0.3, 0.4) is 0 Å². The predicted molar refractivity (Wildman–Crippen MR) is 138 cm³/mol. The van der Waals surface area contributed by atoms with E-state index in [1.807, 2.05) is 0 Å². The lowest BCUT2D eigenvalue weighted by molar-refractivity contribution is -0.137. The zero-order valence-electron chi connectivity index (χ0n) is 22.2. The van der Waals surface area contributed by atoms with Gasteiger partial charge in [-0.2, -0.15) is 18.2 Å². The highest BCUT2D eigenvalue weighted by molar-refractivity contribution is 5.96. The van der Waals surface area contributed by atoms with Crippen LogP contribution in [0, 0.1) is 5.82 Å². The van der Waals surface area contributed by atoms with Crippen molar-refractivity contribution in [2.75, 3.05) is 31.0 Å². The third-order valence-corrected chi connectivity index (χ3v) is 6.91. The molecule has 4 rings (SSSR count). The minimum atomic E-state index is -4.75. The van der Waals surface area contributed by atoms with Crippen LogP contribution in [-0.2, 0) is 15.7 Å². The van der Waals surface area contributed by atoms with Crippen LogP contribution < -0.4 is 26.0 Å². The van der Waals surface area contributed by atoms with Crippen LogP contribution in [0.2, 0.25) is 0 Å². The van der Waals surface area contributed by atoms with Gasteiger partial charge in [0, 0.05) is 50.5 Å². The van der Waals surface area contributed by atoms with Crippen molar-refractivity contribution in [2.24, 2.45) is 0 Å². The molecule has 2 aromatic rings. The summed E-state index contributed by atoms with van der Waals surface area (Å²) in [6.45, 7) is 2.35. The van der Waals surface area contributed by atoms with E-state index in [4.69, 9.17) is 9.47 Å². The van der Waals surface area contributed by atoms with Gasteiger partial charge in [-0.3, -0.25) is 9.59 Å². The molecule has 2 fully saturated rings. The third kappa shape index (κ3) is 7.29. The maximum Gasteiger partial charge on any atom is 0.421 e. The molecule has 2 amide bonds.